The number of pyridine rings is 1. The predicted molar refractivity (Wildman–Crippen MR) is 98.6 cm³/mol. The summed E-state index contributed by atoms with van der Waals surface area (Å²) >= 11 is 0. The van der Waals surface area contributed by atoms with E-state index in [2.05, 4.69) is 10.3 Å². The summed E-state index contributed by atoms with van der Waals surface area (Å²) in [5.74, 6) is 0.219. The van der Waals surface area contributed by atoms with Gasteiger partial charge in [0.1, 0.15) is 5.82 Å². The Morgan fingerprint density at radius 2 is 2.00 bits per heavy atom. The number of nitrogens with zero attached hydrogens (tertiary/aromatic N) is 2. The molecule has 25 heavy (non-hydrogen) atoms. The van der Waals surface area contributed by atoms with Crippen LogP contribution in [0, 0.1) is 6.92 Å². The fourth-order valence-corrected chi connectivity index (χ4v) is 2.60. The molecule has 0 atom stereocenters. The summed E-state index contributed by atoms with van der Waals surface area (Å²) in [7, 11) is -1.78. The number of benzene rings is 1. The van der Waals surface area contributed by atoms with Crippen molar-refractivity contribution < 1.29 is 13.2 Å². The number of likely N-dealkylation sites (N-methyl/N-ethyl adjacent to an activating group) is 1. The van der Waals surface area contributed by atoms with Crippen molar-refractivity contribution in [2.45, 2.75) is 6.92 Å². The highest BCUT2D eigenvalue weighted by molar-refractivity contribution is 7.88. The number of carbonyl (C=O) groups is 1. The lowest BCUT2D eigenvalue weighted by molar-refractivity contribution is 0.0952. The molecule has 0 fully saturated rings. The van der Waals surface area contributed by atoms with Crippen molar-refractivity contribution in [3.8, 4) is 11.1 Å². The van der Waals surface area contributed by atoms with Gasteiger partial charge in [0, 0.05) is 37.5 Å². The number of rotatable bonds is 6. The lowest BCUT2D eigenvalue weighted by Crippen LogP contribution is -2.35. The zero-order valence-corrected chi connectivity index (χ0v) is 15.3. The molecule has 0 aliphatic heterocycles. The molecular weight excluding hydrogens is 340 g/mol. The molecule has 1 heterocycles. The average molecular weight is 362 g/mol. The number of aromatic nitrogens is 1. The SMILES string of the molecule is Cc1cc(-c2cccc(C(=O)NCCN(C)S(C)(=O)=O)c2)cnc1N. The van der Waals surface area contributed by atoms with Gasteiger partial charge in [-0.2, -0.15) is 0 Å². The van der Waals surface area contributed by atoms with Gasteiger partial charge in [-0.3, -0.25) is 4.79 Å². The van der Waals surface area contributed by atoms with Gasteiger partial charge in [-0.15, -0.1) is 0 Å². The predicted octanol–water partition coefficient (Wildman–Crippen LogP) is 1.26. The number of amides is 1. The van der Waals surface area contributed by atoms with E-state index in [-0.39, 0.29) is 19.0 Å². The Kier molecular flexibility index (Phi) is 5.76. The standard InChI is InChI=1S/C17H22N4O3S/c1-12-9-15(11-20-16(12)18)13-5-4-6-14(10-13)17(22)19-7-8-21(2)25(3,23)24/h4-6,9-11H,7-8H2,1-3H3,(H2,18,20)(H,19,22). The van der Waals surface area contributed by atoms with Crippen molar-refractivity contribution >= 4 is 21.7 Å². The van der Waals surface area contributed by atoms with Gasteiger partial charge in [0.25, 0.3) is 5.91 Å². The molecule has 2 rings (SSSR count). The van der Waals surface area contributed by atoms with Crippen LogP contribution in [0.3, 0.4) is 0 Å². The molecule has 8 heteroatoms. The molecule has 1 aromatic heterocycles. The maximum atomic E-state index is 12.3. The van der Waals surface area contributed by atoms with Gasteiger partial charge >= 0.3 is 0 Å². The number of hydrogen-bond donors (Lipinski definition) is 2. The van der Waals surface area contributed by atoms with E-state index in [1.807, 2.05) is 19.1 Å². The quantitative estimate of drug-likeness (QED) is 0.805. The van der Waals surface area contributed by atoms with E-state index in [1.54, 1.807) is 24.4 Å². The molecule has 0 saturated carbocycles. The molecule has 3 N–H and O–H groups in total. The minimum Gasteiger partial charge on any atom is -0.383 e. The number of anilines is 1. The van der Waals surface area contributed by atoms with Crippen LogP contribution in [-0.2, 0) is 10.0 Å². The average Bonchev–Trinajstić information content (AvgIpc) is 2.56. The molecule has 0 aliphatic carbocycles. The lowest BCUT2D eigenvalue weighted by atomic mass is 10.0. The Balaban J connectivity index is 2.07. The Morgan fingerprint density at radius 3 is 2.64 bits per heavy atom. The van der Waals surface area contributed by atoms with E-state index in [0.717, 1.165) is 22.9 Å². The summed E-state index contributed by atoms with van der Waals surface area (Å²) < 4.78 is 23.8. The zero-order valence-electron chi connectivity index (χ0n) is 14.5. The van der Waals surface area contributed by atoms with Crippen LogP contribution in [0.1, 0.15) is 15.9 Å². The van der Waals surface area contributed by atoms with E-state index in [4.69, 9.17) is 5.73 Å². The molecule has 7 nitrogen and oxygen atoms in total. The van der Waals surface area contributed by atoms with Gasteiger partial charge < -0.3 is 11.1 Å². The summed E-state index contributed by atoms with van der Waals surface area (Å²) in [5, 5.41) is 2.72. The number of nitrogen functional groups attached to an aromatic ring is 1. The molecule has 0 aliphatic rings. The number of carbonyl (C=O) groups excluding carboxylic acids is 1. The Labute approximate surface area is 147 Å². The topological polar surface area (TPSA) is 105 Å². The second-order valence-corrected chi connectivity index (χ2v) is 7.94. The van der Waals surface area contributed by atoms with E-state index in [1.165, 1.54) is 11.4 Å². The van der Waals surface area contributed by atoms with Crippen molar-refractivity contribution in [1.82, 2.24) is 14.6 Å². The number of sulfonamides is 1. The highest BCUT2D eigenvalue weighted by Crippen LogP contribution is 2.22. The molecule has 1 aromatic carbocycles. The summed E-state index contributed by atoms with van der Waals surface area (Å²) in [6, 6.07) is 9.07. The van der Waals surface area contributed by atoms with E-state index in [9.17, 15) is 13.2 Å². The van der Waals surface area contributed by atoms with Crippen molar-refractivity contribution in [2.24, 2.45) is 0 Å². The third kappa shape index (κ3) is 5.01. The summed E-state index contributed by atoms with van der Waals surface area (Å²) in [6.07, 6.45) is 2.79. The summed E-state index contributed by atoms with van der Waals surface area (Å²) in [5.41, 5.74) is 8.83. The van der Waals surface area contributed by atoms with Crippen LogP contribution in [0.5, 0.6) is 0 Å². The maximum Gasteiger partial charge on any atom is 0.251 e. The van der Waals surface area contributed by atoms with Crippen LogP contribution in [0.15, 0.2) is 36.5 Å². The van der Waals surface area contributed by atoms with Crippen molar-refractivity contribution in [3.05, 3.63) is 47.7 Å². The Morgan fingerprint density at radius 1 is 1.28 bits per heavy atom. The molecule has 1 amide bonds. The largest absolute Gasteiger partial charge is 0.383 e. The van der Waals surface area contributed by atoms with E-state index in [0.29, 0.717) is 11.4 Å². The second-order valence-electron chi connectivity index (χ2n) is 5.85. The van der Waals surface area contributed by atoms with Crippen LogP contribution >= 0.6 is 0 Å². The number of aryl methyl sites for hydroxylation is 1. The van der Waals surface area contributed by atoms with Gasteiger partial charge in [0.05, 0.1) is 6.26 Å². The van der Waals surface area contributed by atoms with Crippen LogP contribution in [0.2, 0.25) is 0 Å². The van der Waals surface area contributed by atoms with E-state index >= 15 is 0 Å². The first kappa shape index (κ1) is 18.9. The van der Waals surface area contributed by atoms with Gasteiger partial charge in [-0.25, -0.2) is 17.7 Å². The first-order chi connectivity index (χ1) is 11.7. The normalized spacial score (nSPS) is 11.5. The molecule has 0 spiro atoms. The monoisotopic (exact) mass is 362 g/mol. The maximum absolute atomic E-state index is 12.3. The highest BCUT2D eigenvalue weighted by atomic mass is 32.2. The first-order valence-electron chi connectivity index (χ1n) is 7.70. The summed E-state index contributed by atoms with van der Waals surface area (Å²) in [6.45, 7) is 2.32. The smallest absolute Gasteiger partial charge is 0.251 e. The number of nitrogens with one attached hydrogen (secondary N) is 1. The van der Waals surface area contributed by atoms with Crippen LogP contribution in [-0.4, -0.2) is 50.0 Å². The fourth-order valence-electron chi connectivity index (χ4n) is 2.18. The lowest BCUT2D eigenvalue weighted by Gasteiger charge is -2.14. The molecule has 0 radical (unpaired) electrons. The van der Waals surface area contributed by atoms with Crippen LogP contribution in [0.25, 0.3) is 11.1 Å². The molecule has 0 bridgehead atoms. The second kappa shape index (κ2) is 7.62. The van der Waals surface area contributed by atoms with Crippen molar-refractivity contribution in [1.29, 1.82) is 0 Å². The minimum absolute atomic E-state index is 0.214. The fraction of sp³-hybridized carbons (Fsp3) is 0.294. The third-order valence-corrected chi connectivity index (χ3v) is 5.17. The van der Waals surface area contributed by atoms with Crippen LogP contribution < -0.4 is 11.1 Å². The molecule has 0 unspecified atom stereocenters. The first-order valence-corrected chi connectivity index (χ1v) is 9.55. The van der Waals surface area contributed by atoms with Crippen molar-refractivity contribution in [2.75, 3.05) is 32.1 Å². The molecule has 2 aromatic rings. The Hall–Kier alpha value is -2.45. The van der Waals surface area contributed by atoms with Crippen molar-refractivity contribution in [3.63, 3.8) is 0 Å². The number of hydrogen-bond acceptors (Lipinski definition) is 5. The Bertz CT molecular complexity index is 881. The molecule has 0 saturated heterocycles. The molecule has 134 valence electrons. The van der Waals surface area contributed by atoms with Gasteiger partial charge in [0.15, 0.2) is 0 Å². The molecular formula is C17H22N4O3S. The number of nitrogens with two attached hydrogens (primary N) is 1. The highest BCUT2D eigenvalue weighted by Gasteiger charge is 2.12. The summed E-state index contributed by atoms with van der Waals surface area (Å²) in [4.78, 5) is 16.4. The minimum atomic E-state index is -3.25. The third-order valence-electron chi connectivity index (χ3n) is 3.86. The zero-order chi connectivity index (χ0) is 18.6. The van der Waals surface area contributed by atoms with Gasteiger partial charge in [-0.05, 0) is 36.2 Å². The van der Waals surface area contributed by atoms with Crippen LogP contribution in [0.4, 0.5) is 5.82 Å². The van der Waals surface area contributed by atoms with Gasteiger partial charge in [-0.1, -0.05) is 12.1 Å². The van der Waals surface area contributed by atoms with E-state index < -0.39 is 10.0 Å². The van der Waals surface area contributed by atoms with Gasteiger partial charge in [0.2, 0.25) is 10.0 Å².